The van der Waals surface area contributed by atoms with Crippen molar-refractivity contribution in [3.05, 3.63) is 34.9 Å². The molecular weight excluding hydrogens is 244 g/mol. The van der Waals surface area contributed by atoms with Crippen molar-refractivity contribution in [2.24, 2.45) is 5.92 Å². The Morgan fingerprint density at radius 2 is 1.95 bits per heavy atom. The zero-order valence-electron chi connectivity index (χ0n) is 13.6. The third-order valence-electron chi connectivity index (χ3n) is 4.57. The van der Waals surface area contributed by atoms with Gasteiger partial charge in [-0.2, -0.15) is 0 Å². The lowest BCUT2D eigenvalue weighted by Gasteiger charge is -2.34. The first-order valence-electron chi connectivity index (χ1n) is 8.13. The van der Waals surface area contributed by atoms with Crippen molar-refractivity contribution in [1.29, 1.82) is 0 Å². The second-order valence-electron chi connectivity index (χ2n) is 6.45. The van der Waals surface area contributed by atoms with Crippen molar-refractivity contribution in [1.82, 2.24) is 10.2 Å². The highest BCUT2D eigenvalue weighted by atomic mass is 15.2. The third kappa shape index (κ3) is 4.07. The fraction of sp³-hybridized carbons (Fsp3) is 0.667. The van der Waals surface area contributed by atoms with E-state index in [9.17, 15) is 0 Å². The van der Waals surface area contributed by atoms with E-state index in [2.05, 4.69) is 56.1 Å². The second kappa shape index (κ2) is 7.24. The molecule has 1 atom stereocenters. The van der Waals surface area contributed by atoms with E-state index in [0.717, 1.165) is 19.0 Å². The van der Waals surface area contributed by atoms with E-state index < -0.39 is 0 Å². The molecule has 1 heterocycles. The van der Waals surface area contributed by atoms with Gasteiger partial charge in [0.25, 0.3) is 0 Å². The summed E-state index contributed by atoms with van der Waals surface area (Å²) in [5.41, 5.74) is 4.24. The zero-order valence-corrected chi connectivity index (χ0v) is 13.6. The van der Waals surface area contributed by atoms with Gasteiger partial charge in [0.05, 0.1) is 0 Å². The molecule has 1 aromatic carbocycles. The summed E-state index contributed by atoms with van der Waals surface area (Å²) in [4.78, 5) is 2.63. The van der Waals surface area contributed by atoms with Gasteiger partial charge in [0.1, 0.15) is 0 Å². The van der Waals surface area contributed by atoms with Crippen LogP contribution in [-0.2, 0) is 0 Å². The van der Waals surface area contributed by atoms with Gasteiger partial charge in [0.2, 0.25) is 0 Å². The monoisotopic (exact) mass is 274 g/mol. The SMILES string of the molecule is CCNC(CN1CCC(C)CC1)c1ccc(C)cc1C. The first-order valence-corrected chi connectivity index (χ1v) is 8.13. The molecule has 0 aliphatic carbocycles. The van der Waals surface area contributed by atoms with Crippen LogP contribution >= 0.6 is 0 Å². The summed E-state index contributed by atoms with van der Waals surface area (Å²) < 4.78 is 0. The lowest BCUT2D eigenvalue weighted by atomic mass is 9.96. The van der Waals surface area contributed by atoms with Crippen LogP contribution in [0.1, 0.15) is 49.4 Å². The van der Waals surface area contributed by atoms with Crippen LogP contribution in [0.5, 0.6) is 0 Å². The van der Waals surface area contributed by atoms with Crippen molar-refractivity contribution >= 4 is 0 Å². The Hall–Kier alpha value is -0.860. The standard InChI is InChI=1S/C18H30N2/c1-5-19-18(13-20-10-8-14(2)9-11-20)17-7-6-15(3)12-16(17)4/h6-7,12,14,18-19H,5,8-11,13H2,1-4H3. The summed E-state index contributed by atoms with van der Waals surface area (Å²) in [7, 11) is 0. The number of aryl methyl sites for hydroxylation is 2. The maximum Gasteiger partial charge on any atom is 0.0451 e. The fourth-order valence-corrected chi connectivity index (χ4v) is 3.24. The van der Waals surface area contributed by atoms with E-state index in [0.29, 0.717) is 6.04 Å². The van der Waals surface area contributed by atoms with Crippen LogP contribution < -0.4 is 5.32 Å². The number of nitrogens with zero attached hydrogens (tertiary/aromatic N) is 1. The first kappa shape index (κ1) is 15.5. The lowest BCUT2D eigenvalue weighted by molar-refractivity contribution is 0.175. The summed E-state index contributed by atoms with van der Waals surface area (Å²) in [5, 5.41) is 3.68. The molecule has 1 saturated heterocycles. The highest BCUT2D eigenvalue weighted by Crippen LogP contribution is 2.23. The van der Waals surface area contributed by atoms with E-state index in [1.165, 1.54) is 42.6 Å². The number of benzene rings is 1. The normalized spacial score (nSPS) is 19.2. The van der Waals surface area contributed by atoms with Gasteiger partial charge < -0.3 is 10.2 Å². The fourth-order valence-electron chi connectivity index (χ4n) is 3.24. The minimum Gasteiger partial charge on any atom is -0.309 e. The molecule has 1 aliphatic rings. The van der Waals surface area contributed by atoms with Crippen molar-refractivity contribution in [2.75, 3.05) is 26.2 Å². The zero-order chi connectivity index (χ0) is 14.5. The highest BCUT2D eigenvalue weighted by Gasteiger charge is 2.20. The van der Waals surface area contributed by atoms with Crippen LogP contribution in [0.2, 0.25) is 0 Å². The van der Waals surface area contributed by atoms with Gasteiger partial charge in [-0.1, -0.05) is 37.6 Å². The molecule has 0 saturated carbocycles. The van der Waals surface area contributed by atoms with Gasteiger partial charge in [0.15, 0.2) is 0 Å². The van der Waals surface area contributed by atoms with Gasteiger partial charge in [-0.15, -0.1) is 0 Å². The molecule has 0 spiro atoms. The van der Waals surface area contributed by atoms with Crippen molar-refractivity contribution in [3.8, 4) is 0 Å². The molecule has 0 radical (unpaired) electrons. The van der Waals surface area contributed by atoms with E-state index >= 15 is 0 Å². The quantitative estimate of drug-likeness (QED) is 0.881. The summed E-state index contributed by atoms with van der Waals surface area (Å²) in [6.45, 7) is 13.7. The minimum absolute atomic E-state index is 0.467. The number of likely N-dealkylation sites (N-methyl/N-ethyl adjacent to an activating group) is 1. The molecule has 0 amide bonds. The molecular formula is C18H30N2. The van der Waals surface area contributed by atoms with Crippen molar-refractivity contribution in [2.45, 2.75) is 46.6 Å². The van der Waals surface area contributed by atoms with E-state index in [4.69, 9.17) is 0 Å². The van der Waals surface area contributed by atoms with Crippen LogP contribution in [0.25, 0.3) is 0 Å². The molecule has 1 fully saturated rings. The Balaban J connectivity index is 2.06. The minimum atomic E-state index is 0.467. The summed E-state index contributed by atoms with van der Waals surface area (Å²) >= 11 is 0. The smallest absolute Gasteiger partial charge is 0.0451 e. The Morgan fingerprint density at radius 3 is 2.55 bits per heavy atom. The van der Waals surface area contributed by atoms with Crippen molar-refractivity contribution < 1.29 is 0 Å². The van der Waals surface area contributed by atoms with Gasteiger partial charge in [-0.25, -0.2) is 0 Å². The van der Waals surface area contributed by atoms with Crippen LogP contribution in [-0.4, -0.2) is 31.1 Å². The molecule has 1 N–H and O–H groups in total. The molecule has 1 aromatic rings. The Kier molecular flexibility index (Phi) is 5.62. The van der Waals surface area contributed by atoms with Crippen LogP contribution in [0.15, 0.2) is 18.2 Å². The number of nitrogens with one attached hydrogen (secondary N) is 1. The maximum absolute atomic E-state index is 3.68. The van der Waals surface area contributed by atoms with E-state index in [1.807, 2.05) is 0 Å². The molecule has 1 unspecified atom stereocenters. The van der Waals surface area contributed by atoms with Gasteiger partial charge in [0, 0.05) is 12.6 Å². The van der Waals surface area contributed by atoms with E-state index in [-0.39, 0.29) is 0 Å². The second-order valence-corrected chi connectivity index (χ2v) is 6.45. The first-order chi connectivity index (χ1) is 9.60. The predicted octanol–water partition coefficient (Wildman–Crippen LogP) is 3.69. The Morgan fingerprint density at radius 1 is 1.25 bits per heavy atom. The molecule has 2 nitrogen and oxygen atoms in total. The average Bonchev–Trinajstić information content (AvgIpc) is 2.41. The number of likely N-dealkylation sites (tertiary alicyclic amines) is 1. The molecule has 20 heavy (non-hydrogen) atoms. The number of hydrogen-bond acceptors (Lipinski definition) is 2. The molecule has 2 heteroatoms. The molecule has 0 aromatic heterocycles. The topological polar surface area (TPSA) is 15.3 Å². The summed E-state index contributed by atoms with van der Waals surface area (Å²) in [5.74, 6) is 0.907. The van der Waals surface area contributed by atoms with E-state index in [1.54, 1.807) is 0 Å². The Labute approximate surface area is 124 Å². The highest BCUT2D eigenvalue weighted by molar-refractivity contribution is 5.33. The van der Waals surface area contributed by atoms with Gasteiger partial charge >= 0.3 is 0 Å². The molecule has 1 aliphatic heterocycles. The maximum atomic E-state index is 3.68. The predicted molar refractivity (Wildman–Crippen MR) is 87.2 cm³/mol. The number of rotatable bonds is 5. The van der Waals surface area contributed by atoms with Crippen molar-refractivity contribution in [3.63, 3.8) is 0 Å². The summed E-state index contributed by atoms with van der Waals surface area (Å²) in [6.07, 6.45) is 2.71. The largest absolute Gasteiger partial charge is 0.309 e. The number of piperidine rings is 1. The van der Waals surface area contributed by atoms with Gasteiger partial charge in [-0.3, -0.25) is 0 Å². The molecule has 0 bridgehead atoms. The van der Waals surface area contributed by atoms with Crippen LogP contribution in [0.3, 0.4) is 0 Å². The lowest BCUT2D eigenvalue weighted by Crippen LogP contribution is -2.40. The molecule has 112 valence electrons. The van der Waals surface area contributed by atoms with Crippen LogP contribution in [0, 0.1) is 19.8 Å². The van der Waals surface area contributed by atoms with Crippen LogP contribution in [0.4, 0.5) is 0 Å². The average molecular weight is 274 g/mol. The third-order valence-corrected chi connectivity index (χ3v) is 4.57. The Bertz CT molecular complexity index is 419. The summed E-state index contributed by atoms with van der Waals surface area (Å²) in [6, 6.07) is 7.32. The molecule has 2 rings (SSSR count). The van der Waals surface area contributed by atoms with Gasteiger partial charge in [-0.05, 0) is 63.4 Å². The number of hydrogen-bond donors (Lipinski definition) is 1.